The van der Waals surface area contributed by atoms with E-state index in [2.05, 4.69) is 44.6 Å². The molecule has 0 saturated carbocycles. The maximum absolute atomic E-state index is 13.2. The number of halogens is 2. The van der Waals surface area contributed by atoms with Crippen LogP contribution < -0.4 is 24.2 Å². The predicted molar refractivity (Wildman–Crippen MR) is 107 cm³/mol. The average molecular weight is 409 g/mol. The van der Waals surface area contributed by atoms with Crippen molar-refractivity contribution in [1.82, 2.24) is 5.32 Å². The Labute approximate surface area is 176 Å². The number of morpholine rings is 1. The summed E-state index contributed by atoms with van der Waals surface area (Å²) in [6.07, 6.45) is 0. The first-order valence-electron chi connectivity index (χ1n) is 8.73. The molecule has 27 heavy (non-hydrogen) atoms. The second-order valence-electron chi connectivity index (χ2n) is 9.02. The van der Waals surface area contributed by atoms with Gasteiger partial charge in [0, 0.05) is 0 Å². The Bertz CT molecular complexity index is 635. The minimum Gasteiger partial charge on any atom is -0.668 e. The van der Waals surface area contributed by atoms with Gasteiger partial charge in [-0.05, 0) is 31.5 Å². The van der Waals surface area contributed by atoms with Gasteiger partial charge >= 0.3 is 18.9 Å². The van der Waals surface area contributed by atoms with E-state index in [4.69, 9.17) is 9.38 Å². The van der Waals surface area contributed by atoms with Crippen molar-refractivity contribution in [2.45, 2.75) is 64.8 Å². The van der Waals surface area contributed by atoms with Crippen LogP contribution >= 0.6 is 0 Å². The molecule has 0 spiro atoms. The quantitative estimate of drug-likeness (QED) is 0.778. The van der Waals surface area contributed by atoms with Gasteiger partial charge in [-0.1, -0.05) is 61.8 Å². The average Bonchev–Trinajstić information content (AvgIpc) is 2.41. The van der Waals surface area contributed by atoms with Gasteiger partial charge in [-0.3, -0.25) is 4.79 Å². The summed E-state index contributed by atoms with van der Waals surface area (Å²) in [6.45, 7) is 17.3. The van der Waals surface area contributed by atoms with E-state index in [9.17, 15) is 13.6 Å². The van der Waals surface area contributed by atoms with Gasteiger partial charge in [0.15, 0.2) is 11.6 Å². The molecule has 1 unspecified atom stereocenters. The largest absolute Gasteiger partial charge is 1.00 e. The summed E-state index contributed by atoms with van der Waals surface area (Å²) in [5, 5.41) is 2.72. The SMILES string of the molecule is CC1(C)OCC(=O)NC1c1ccc(F)c(F)c1.C[Si](C)(C)[N-][Si](C)(C)C.[Li+]. The second kappa shape index (κ2) is 9.81. The minimum absolute atomic E-state index is 0. The van der Waals surface area contributed by atoms with E-state index in [1.165, 1.54) is 6.07 Å². The van der Waals surface area contributed by atoms with E-state index < -0.39 is 39.7 Å². The van der Waals surface area contributed by atoms with Crippen LogP contribution in [0.25, 0.3) is 4.65 Å². The van der Waals surface area contributed by atoms with Crippen LogP contribution in [0.2, 0.25) is 39.3 Å². The van der Waals surface area contributed by atoms with E-state index in [-0.39, 0.29) is 31.4 Å². The molecule has 1 saturated heterocycles. The number of hydrogen-bond acceptors (Lipinski definition) is 2. The molecule has 0 aliphatic carbocycles. The third-order valence-corrected chi connectivity index (χ3v) is 8.89. The molecule has 0 aromatic heterocycles. The third-order valence-electron chi connectivity index (χ3n) is 3.52. The van der Waals surface area contributed by atoms with Crippen LogP contribution in [-0.4, -0.2) is 34.6 Å². The summed E-state index contributed by atoms with van der Waals surface area (Å²) in [6, 6.07) is 3.08. The molecule has 1 fully saturated rings. The van der Waals surface area contributed by atoms with Gasteiger partial charge in [-0.15, -0.1) is 0 Å². The Kier molecular flexibility index (Phi) is 9.63. The van der Waals surface area contributed by atoms with Crippen LogP contribution in [0.5, 0.6) is 0 Å². The van der Waals surface area contributed by atoms with Crippen molar-refractivity contribution < 1.29 is 37.2 Å². The van der Waals surface area contributed by atoms with Crippen molar-refractivity contribution in [1.29, 1.82) is 0 Å². The number of hydrogen-bond donors (Lipinski definition) is 1. The Balaban J connectivity index is 0.000000584. The van der Waals surface area contributed by atoms with Crippen LogP contribution in [-0.2, 0) is 9.53 Å². The molecule has 1 amide bonds. The molecule has 4 nitrogen and oxygen atoms in total. The molecule has 1 N–H and O–H groups in total. The van der Waals surface area contributed by atoms with Crippen LogP contribution in [0.1, 0.15) is 25.5 Å². The molecule has 1 atom stereocenters. The number of nitrogens with zero attached hydrogens (tertiary/aromatic N) is 1. The van der Waals surface area contributed by atoms with Gasteiger partial charge in [0.1, 0.15) is 6.61 Å². The fraction of sp³-hybridized carbons (Fsp3) is 0.611. The Morgan fingerprint density at radius 2 is 1.59 bits per heavy atom. The molecule has 9 heteroatoms. The first kappa shape index (κ1) is 26.5. The van der Waals surface area contributed by atoms with Crippen molar-refractivity contribution in [2.75, 3.05) is 6.61 Å². The van der Waals surface area contributed by atoms with Crippen LogP contribution in [0.15, 0.2) is 18.2 Å². The Morgan fingerprint density at radius 1 is 1.07 bits per heavy atom. The molecule has 1 aromatic rings. The topological polar surface area (TPSA) is 52.4 Å². The zero-order chi connectivity index (χ0) is 20.3. The fourth-order valence-corrected chi connectivity index (χ4v) is 10.9. The molecule has 0 bridgehead atoms. The molecular weight excluding hydrogens is 377 g/mol. The second-order valence-corrected chi connectivity index (χ2v) is 18.6. The van der Waals surface area contributed by atoms with Crippen molar-refractivity contribution in [3.05, 3.63) is 40.0 Å². The molecule has 148 valence electrons. The summed E-state index contributed by atoms with van der Waals surface area (Å²) < 4.78 is 36.2. The normalized spacial score (nSPS) is 19.3. The number of carbonyl (C=O) groups excluding carboxylic acids is 1. The van der Waals surface area contributed by atoms with E-state index in [0.29, 0.717) is 5.56 Å². The summed E-state index contributed by atoms with van der Waals surface area (Å²) in [7, 11) is -2.21. The van der Waals surface area contributed by atoms with Crippen molar-refractivity contribution in [3.8, 4) is 0 Å². The number of nitrogens with one attached hydrogen (secondary N) is 1. The summed E-state index contributed by atoms with van der Waals surface area (Å²) in [5.41, 5.74) is -0.167. The van der Waals surface area contributed by atoms with Crippen molar-refractivity contribution in [3.63, 3.8) is 0 Å². The van der Waals surface area contributed by atoms with Crippen LogP contribution in [0.4, 0.5) is 8.78 Å². The Morgan fingerprint density at radius 3 is 2.00 bits per heavy atom. The number of rotatable bonds is 3. The van der Waals surface area contributed by atoms with E-state index in [1.54, 1.807) is 13.8 Å². The van der Waals surface area contributed by atoms with Crippen LogP contribution in [0, 0.1) is 11.6 Å². The maximum Gasteiger partial charge on any atom is 1.00 e. The molecular formula is C18H31F2LiN2O2Si2. The molecule has 2 rings (SSSR count). The summed E-state index contributed by atoms with van der Waals surface area (Å²) in [4.78, 5) is 11.3. The zero-order valence-corrected chi connectivity index (χ0v) is 20.0. The smallest absolute Gasteiger partial charge is 0.668 e. The third kappa shape index (κ3) is 9.50. The summed E-state index contributed by atoms with van der Waals surface area (Å²) >= 11 is 0. The predicted octanol–water partition coefficient (Wildman–Crippen LogP) is 1.96. The van der Waals surface area contributed by atoms with Crippen molar-refractivity contribution in [2.24, 2.45) is 0 Å². The first-order valence-corrected chi connectivity index (χ1v) is 15.6. The van der Waals surface area contributed by atoms with Gasteiger partial charge in [-0.25, -0.2) is 8.78 Å². The number of carbonyl (C=O) groups is 1. The van der Waals surface area contributed by atoms with E-state index >= 15 is 0 Å². The fourth-order valence-electron chi connectivity index (χ4n) is 2.89. The molecule has 1 aliphatic heterocycles. The number of amides is 1. The molecule has 1 heterocycles. The van der Waals surface area contributed by atoms with E-state index in [1.807, 2.05) is 0 Å². The number of ether oxygens (including phenoxy) is 1. The zero-order valence-electron chi connectivity index (χ0n) is 18.0. The van der Waals surface area contributed by atoms with Gasteiger partial charge in [0.05, 0.1) is 11.6 Å². The van der Waals surface area contributed by atoms with Crippen molar-refractivity contribution >= 4 is 22.4 Å². The van der Waals surface area contributed by atoms with Crippen LogP contribution in [0.3, 0.4) is 0 Å². The summed E-state index contributed by atoms with van der Waals surface area (Å²) in [5.74, 6) is -2.10. The molecule has 0 radical (unpaired) electrons. The Hall–Kier alpha value is -0.499. The molecule has 1 aromatic carbocycles. The van der Waals surface area contributed by atoms with Gasteiger partial charge in [-0.2, -0.15) is 0 Å². The van der Waals surface area contributed by atoms with Gasteiger partial charge in [0.2, 0.25) is 5.91 Å². The minimum atomic E-state index is -1.11. The maximum atomic E-state index is 13.2. The van der Waals surface area contributed by atoms with Gasteiger partial charge < -0.3 is 14.7 Å². The first-order chi connectivity index (χ1) is 11.6. The van der Waals surface area contributed by atoms with Gasteiger partial charge in [0.25, 0.3) is 0 Å². The number of benzene rings is 1. The molecule has 1 aliphatic rings. The monoisotopic (exact) mass is 408 g/mol. The van der Waals surface area contributed by atoms with E-state index in [0.717, 1.165) is 12.1 Å². The standard InChI is InChI=1S/C12H13F2NO2.C6H18NSi2.Li/c1-12(2)11(15-10(16)6-17-12)7-3-4-8(13)9(14)5-7;1-8(2,3)7-9(4,5)6;/h3-5,11H,6H2,1-2H3,(H,15,16);1-6H3;/q;-1;+1.